The number of thiophene rings is 1. The molecule has 0 bridgehead atoms. The van der Waals surface area contributed by atoms with Gasteiger partial charge in [0, 0.05) is 24.2 Å². The molecule has 0 aliphatic heterocycles. The van der Waals surface area contributed by atoms with E-state index in [-0.39, 0.29) is 21.9 Å². The summed E-state index contributed by atoms with van der Waals surface area (Å²) < 4.78 is 38.5. The van der Waals surface area contributed by atoms with Gasteiger partial charge in [0.2, 0.25) is 0 Å². The van der Waals surface area contributed by atoms with E-state index < -0.39 is 11.7 Å². The van der Waals surface area contributed by atoms with Crippen LogP contribution >= 0.6 is 11.3 Å². The van der Waals surface area contributed by atoms with Gasteiger partial charge in [-0.05, 0) is 18.2 Å². The lowest BCUT2D eigenvalue weighted by Crippen LogP contribution is -2.21. The minimum absolute atomic E-state index is 0.102. The summed E-state index contributed by atoms with van der Waals surface area (Å²) >= 11 is 1.10. The van der Waals surface area contributed by atoms with Crippen LogP contribution in [0.25, 0.3) is 10.1 Å². The molecular formula is C12H11F3N2OS. The minimum atomic E-state index is -4.42. The lowest BCUT2D eigenvalue weighted by Gasteiger charge is -2.08. The summed E-state index contributed by atoms with van der Waals surface area (Å²) in [6, 6.07) is 3.31. The fourth-order valence-electron chi connectivity index (χ4n) is 1.65. The first-order valence-electron chi connectivity index (χ1n) is 5.32. The first-order valence-corrected chi connectivity index (χ1v) is 6.14. The van der Waals surface area contributed by atoms with Crippen LogP contribution in [0.2, 0.25) is 0 Å². The van der Waals surface area contributed by atoms with Gasteiger partial charge in [-0.2, -0.15) is 13.2 Å². The van der Waals surface area contributed by atoms with E-state index in [1.165, 1.54) is 11.0 Å². The van der Waals surface area contributed by atoms with Gasteiger partial charge in [0.1, 0.15) is 4.88 Å². The average molecular weight is 288 g/mol. The maximum atomic E-state index is 12.6. The largest absolute Gasteiger partial charge is 0.416 e. The highest BCUT2D eigenvalue weighted by Crippen LogP contribution is 2.38. The van der Waals surface area contributed by atoms with Crippen molar-refractivity contribution >= 4 is 33.0 Å². The first-order chi connectivity index (χ1) is 8.71. The highest BCUT2D eigenvalue weighted by Gasteiger charge is 2.31. The molecule has 2 aromatic rings. The summed E-state index contributed by atoms with van der Waals surface area (Å²) in [6.45, 7) is 0. The Morgan fingerprint density at radius 3 is 2.47 bits per heavy atom. The van der Waals surface area contributed by atoms with Crippen LogP contribution in [0.5, 0.6) is 0 Å². The van der Waals surface area contributed by atoms with Crippen molar-refractivity contribution in [2.24, 2.45) is 0 Å². The molecule has 1 aromatic heterocycles. The van der Waals surface area contributed by atoms with E-state index in [0.717, 1.165) is 23.5 Å². The summed E-state index contributed by atoms with van der Waals surface area (Å²) in [5.41, 5.74) is 5.12. The number of nitrogens with two attached hydrogens (primary N) is 1. The Hall–Kier alpha value is -1.76. The second-order valence-corrected chi connectivity index (χ2v) is 5.31. The molecule has 2 N–H and O–H groups in total. The maximum absolute atomic E-state index is 12.6. The zero-order chi connectivity index (χ0) is 14.4. The number of hydrogen-bond donors (Lipinski definition) is 1. The molecule has 0 aliphatic carbocycles. The van der Waals surface area contributed by atoms with Crippen LogP contribution in [0.3, 0.4) is 0 Å². The van der Waals surface area contributed by atoms with Crippen molar-refractivity contribution in [3.05, 3.63) is 28.6 Å². The van der Waals surface area contributed by atoms with E-state index in [1.54, 1.807) is 14.1 Å². The Labute approximate surface area is 111 Å². The topological polar surface area (TPSA) is 46.3 Å². The van der Waals surface area contributed by atoms with Crippen LogP contribution < -0.4 is 5.73 Å². The minimum Gasteiger partial charge on any atom is -0.397 e. The predicted octanol–water partition coefficient (Wildman–Crippen LogP) is 3.20. The lowest BCUT2D eigenvalue weighted by molar-refractivity contribution is -0.137. The van der Waals surface area contributed by atoms with E-state index in [4.69, 9.17) is 5.73 Å². The summed E-state index contributed by atoms with van der Waals surface area (Å²) in [4.78, 5) is 13.5. The summed E-state index contributed by atoms with van der Waals surface area (Å²) in [5.74, 6) is -0.313. The molecule has 0 spiro atoms. The number of halogens is 3. The fraction of sp³-hybridized carbons (Fsp3) is 0.250. The van der Waals surface area contributed by atoms with Gasteiger partial charge in [0.05, 0.1) is 11.3 Å². The van der Waals surface area contributed by atoms with Crippen molar-refractivity contribution < 1.29 is 18.0 Å². The number of nitrogen functional groups attached to an aromatic ring is 1. The van der Waals surface area contributed by atoms with Crippen molar-refractivity contribution in [2.75, 3.05) is 19.8 Å². The number of benzene rings is 1. The van der Waals surface area contributed by atoms with Gasteiger partial charge in [-0.1, -0.05) is 0 Å². The quantitative estimate of drug-likeness (QED) is 0.876. The van der Waals surface area contributed by atoms with Crippen LogP contribution in [0.1, 0.15) is 15.2 Å². The van der Waals surface area contributed by atoms with Crippen LogP contribution in [0.15, 0.2) is 18.2 Å². The maximum Gasteiger partial charge on any atom is 0.416 e. The molecular weight excluding hydrogens is 277 g/mol. The van der Waals surface area contributed by atoms with Crippen LogP contribution in [0, 0.1) is 0 Å². The van der Waals surface area contributed by atoms with Crippen molar-refractivity contribution in [3.63, 3.8) is 0 Å². The molecule has 0 unspecified atom stereocenters. The van der Waals surface area contributed by atoms with Crippen molar-refractivity contribution in [2.45, 2.75) is 6.18 Å². The van der Waals surface area contributed by atoms with Gasteiger partial charge in [-0.25, -0.2) is 0 Å². The molecule has 0 fully saturated rings. The number of fused-ring (bicyclic) bond motifs is 1. The van der Waals surface area contributed by atoms with Gasteiger partial charge in [0.25, 0.3) is 5.91 Å². The average Bonchev–Trinajstić information content (AvgIpc) is 2.64. The van der Waals surface area contributed by atoms with Gasteiger partial charge < -0.3 is 10.6 Å². The monoisotopic (exact) mass is 288 g/mol. The van der Waals surface area contributed by atoms with E-state index in [9.17, 15) is 18.0 Å². The van der Waals surface area contributed by atoms with Crippen LogP contribution in [-0.4, -0.2) is 24.9 Å². The molecule has 7 heteroatoms. The molecule has 102 valence electrons. The molecule has 0 atom stereocenters. The third-order valence-corrected chi connectivity index (χ3v) is 3.83. The number of hydrogen-bond acceptors (Lipinski definition) is 3. The number of carbonyl (C=O) groups is 1. The normalized spacial score (nSPS) is 11.8. The second-order valence-electron chi connectivity index (χ2n) is 4.25. The number of amides is 1. The molecule has 1 heterocycles. The summed E-state index contributed by atoms with van der Waals surface area (Å²) in [7, 11) is 3.13. The van der Waals surface area contributed by atoms with E-state index >= 15 is 0 Å². The predicted molar refractivity (Wildman–Crippen MR) is 69.3 cm³/mol. The van der Waals surface area contributed by atoms with Crippen molar-refractivity contribution in [3.8, 4) is 0 Å². The zero-order valence-electron chi connectivity index (χ0n) is 10.2. The highest BCUT2D eigenvalue weighted by molar-refractivity contribution is 7.21. The molecule has 3 nitrogen and oxygen atoms in total. The first kappa shape index (κ1) is 13.7. The van der Waals surface area contributed by atoms with Crippen molar-refractivity contribution in [1.29, 1.82) is 0 Å². The van der Waals surface area contributed by atoms with Gasteiger partial charge >= 0.3 is 6.18 Å². The Morgan fingerprint density at radius 2 is 1.95 bits per heavy atom. The molecule has 0 aliphatic rings. The number of carbonyl (C=O) groups excluding carboxylic acids is 1. The molecule has 2 rings (SSSR count). The summed E-state index contributed by atoms with van der Waals surface area (Å²) in [6.07, 6.45) is -4.42. The van der Waals surface area contributed by atoms with Gasteiger partial charge in [0.15, 0.2) is 0 Å². The smallest absolute Gasteiger partial charge is 0.397 e. The highest BCUT2D eigenvalue weighted by atomic mass is 32.1. The Morgan fingerprint density at radius 1 is 1.32 bits per heavy atom. The molecule has 1 aromatic carbocycles. The molecule has 0 saturated heterocycles. The third-order valence-electron chi connectivity index (χ3n) is 2.65. The lowest BCUT2D eigenvalue weighted by atomic mass is 10.1. The Bertz CT molecular complexity index is 646. The van der Waals surface area contributed by atoms with E-state index in [2.05, 4.69) is 0 Å². The van der Waals surface area contributed by atoms with E-state index in [0.29, 0.717) is 4.70 Å². The second kappa shape index (κ2) is 4.41. The Balaban J connectivity index is 2.62. The fourth-order valence-corrected chi connectivity index (χ4v) is 2.78. The van der Waals surface area contributed by atoms with Crippen LogP contribution in [-0.2, 0) is 6.18 Å². The van der Waals surface area contributed by atoms with Gasteiger partial charge in [-0.3, -0.25) is 4.79 Å². The van der Waals surface area contributed by atoms with E-state index in [1.807, 2.05) is 0 Å². The molecule has 19 heavy (non-hydrogen) atoms. The molecule has 1 amide bonds. The third kappa shape index (κ3) is 2.37. The Kier molecular flexibility index (Phi) is 3.17. The number of anilines is 1. The zero-order valence-corrected chi connectivity index (χ0v) is 11.0. The number of alkyl halides is 3. The number of nitrogens with zero attached hydrogens (tertiary/aromatic N) is 1. The summed E-state index contributed by atoms with van der Waals surface area (Å²) in [5, 5.41) is 0.269. The molecule has 0 saturated carbocycles. The van der Waals surface area contributed by atoms with Crippen LogP contribution in [0.4, 0.5) is 18.9 Å². The SMILES string of the molecule is CN(C)C(=O)c1sc2ccc(C(F)(F)F)cc2c1N. The van der Waals surface area contributed by atoms with Crippen molar-refractivity contribution in [1.82, 2.24) is 4.90 Å². The number of rotatable bonds is 1. The van der Waals surface area contributed by atoms with Gasteiger partial charge in [-0.15, -0.1) is 11.3 Å². The standard InChI is InChI=1S/C12H11F3N2OS/c1-17(2)11(18)10-9(16)7-5-6(12(13,14)15)3-4-8(7)19-10/h3-5H,16H2,1-2H3. The molecule has 0 radical (unpaired) electrons.